The molecule has 0 saturated carbocycles. The summed E-state index contributed by atoms with van der Waals surface area (Å²) in [6.07, 6.45) is 7.98. The molecule has 0 aliphatic rings. The van der Waals surface area contributed by atoms with Crippen LogP contribution in [0.2, 0.25) is 0 Å². The molecule has 2 aromatic carbocycles. The van der Waals surface area contributed by atoms with Gasteiger partial charge in [-0.2, -0.15) is 5.26 Å². The summed E-state index contributed by atoms with van der Waals surface area (Å²) in [6.45, 7) is 5.07. The first-order valence-corrected chi connectivity index (χ1v) is 12.3. The van der Waals surface area contributed by atoms with Crippen LogP contribution in [0.25, 0.3) is 12.2 Å². The monoisotopic (exact) mass is 514 g/mol. The predicted octanol–water partition coefficient (Wildman–Crippen LogP) is 5.70. The van der Waals surface area contributed by atoms with Gasteiger partial charge in [-0.25, -0.2) is 4.79 Å². The van der Waals surface area contributed by atoms with Gasteiger partial charge in [-0.1, -0.05) is 31.5 Å². The Balaban J connectivity index is 1.65. The summed E-state index contributed by atoms with van der Waals surface area (Å²) in [4.78, 5) is 24.9. The van der Waals surface area contributed by atoms with Gasteiger partial charge in [0, 0.05) is 6.08 Å². The van der Waals surface area contributed by atoms with Crippen LogP contribution in [-0.4, -0.2) is 25.1 Å². The molecule has 0 saturated heterocycles. The van der Waals surface area contributed by atoms with E-state index in [9.17, 15) is 14.9 Å². The minimum atomic E-state index is -0.576. The van der Waals surface area contributed by atoms with Crippen LogP contribution < -0.4 is 19.5 Å². The Bertz CT molecular complexity index is 1300. The molecular formula is C30H30N2O6. The molecule has 8 heteroatoms. The topological polar surface area (TPSA) is 111 Å². The fraction of sp³-hybridized carbons (Fsp3) is 0.233. The van der Waals surface area contributed by atoms with Gasteiger partial charge in [-0.15, -0.1) is 0 Å². The van der Waals surface area contributed by atoms with Crippen molar-refractivity contribution in [3.8, 4) is 23.3 Å². The Labute approximate surface area is 222 Å². The third kappa shape index (κ3) is 8.71. The summed E-state index contributed by atoms with van der Waals surface area (Å²) in [7, 11) is 0. The number of esters is 1. The second kappa shape index (κ2) is 14.7. The number of nitrogens with zero attached hydrogens (tertiary/aromatic N) is 1. The lowest BCUT2D eigenvalue weighted by Crippen LogP contribution is -2.23. The van der Waals surface area contributed by atoms with E-state index in [1.54, 1.807) is 43.3 Å². The first kappa shape index (κ1) is 27.8. The zero-order chi connectivity index (χ0) is 27.2. The van der Waals surface area contributed by atoms with Crippen molar-refractivity contribution in [2.45, 2.75) is 33.2 Å². The summed E-state index contributed by atoms with van der Waals surface area (Å²) in [5.41, 5.74) is 1.27. The molecule has 38 heavy (non-hydrogen) atoms. The molecule has 0 atom stereocenters. The number of carbonyl (C=O) groups is 2. The molecule has 0 bridgehead atoms. The van der Waals surface area contributed by atoms with Crippen molar-refractivity contribution in [2.24, 2.45) is 0 Å². The van der Waals surface area contributed by atoms with Gasteiger partial charge in [0.15, 0.2) is 11.5 Å². The van der Waals surface area contributed by atoms with Crippen molar-refractivity contribution in [3.63, 3.8) is 0 Å². The highest BCUT2D eigenvalue weighted by molar-refractivity contribution is 6.01. The normalized spacial score (nSPS) is 11.1. The predicted molar refractivity (Wildman–Crippen MR) is 143 cm³/mol. The molecular weight excluding hydrogens is 484 g/mol. The van der Waals surface area contributed by atoms with Crippen LogP contribution in [0.15, 0.2) is 76.9 Å². The lowest BCUT2D eigenvalue weighted by atomic mass is 10.1. The van der Waals surface area contributed by atoms with E-state index in [1.807, 2.05) is 30.3 Å². The summed E-state index contributed by atoms with van der Waals surface area (Å²) in [5.74, 6) is 0.769. The van der Waals surface area contributed by atoms with Crippen molar-refractivity contribution in [2.75, 3.05) is 13.2 Å². The molecule has 8 nitrogen and oxygen atoms in total. The minimum Gasteiger partial charge on any atom is -0.494 e. The molecule has 1 amide bonds. The number of unbranched alkanes of at least 4 members (excludes halogenated alkanes) is 1. The summed E-state index contributed by atoms with van der Waals surface area (Å²) in [6, 6.07) is 17.5. The fourth-order valence-corrected chi connectivity index (χ4v) is 3.27. The Morgan fingerprint density at radius 1 is 1.03 bits per heavy atom. The molecule has 0 aliphatic heterocycles. The van der Waals surface area contributed by atoms with Crippen LogP contribution in [0, 0.1) is 11.3 Å². The van der Waals surface area contributed by atoms with E-state index in [1.165, 1.54) is 18.4 Å². The van der Waals surface area contributed by atoms with E-state index in [-0.39, 0.29) is 17.9 Å². The second-order valence-corrected chi connectivity index (χ2v) is 8.10. The highest BCUT2D eigenvalue weighted by atomic mass is 16.6. The van der Waals surface area contributed by atoms with Crippen molar-refractivity contribution < 1.29 is 28.2 Å². The van der Waals surface area contributed by atoms with Crippen molar-refractivity contribution >= 4 is 24.0 Å². The van der Waals surface area contributed by atoms with Gasteiger partial charge in [0.05, 0.1) is 26.0 Å². The number of hydrogen-bond donors (Lipinski definition) is 1. The third-order valence-electron chi connectivity index (χ3n) is 5.22. The van der Waals surface area contributed by atoms with Crippen LogP contribution in [-0.2, 0) is 16.1 Å². The number of furan rings is 1. The highest BCUT2D eigenvalue weighted by Gasteiger charge is 2.13. The van der Waals surface area contributed by atoms with Gasteiger partial charge < -0.3 is 23.9 Å². The zero-order valence-corrected chi connectivity index (χ0v) is 21.4. The number of nitriles is 1. The molecule has 0 fully saturated rings. The lowest BCUT2D eigenvalue weighted by molar-refractivity contribution is -0.129. The Morgan fingerprint density at radius 2 is 1.82 bits per heavy atom. The van der Waals surface area contributed by atoms with Gasteiger partial charge in [0.25, 0.3) is 5.91 Å². The van der Waals surface area contributed by atoms with Gasteiger partial charge >= 0.3 is 5.97 Å². The van der Waals surface area contributed by atoms with Crippen LogP contribution in [0.1, 0.15) is 43.6 Å². The molecule has 0 aliphatic carbocycles. The van der Waals surface area contributed by atoms with Gasteiger partial charge in [-0.05, 0) is 73.0 Å². The van der Waals surface area contributed by atoms with Gasteiger partial charge in [0.1, 0.15) is 23.2 Å². The number of ether oxygens (including phenoxy) is 3. The molecule has 0 unspecified atom stereocenters. The molecule has 0 radical (unpaired) electrons. The van der Waals surface area contributed by atoms with E-state index < -0.39 is 11.9 Å². The summed E-state index contributed by atoms with van der Waals surface area (Å²) >= 11 is 0. The Kier molecular flexibility index (Phi) is 10.8. The SMILES string of the molecule is CCCCOc1ccc(/C=C/C(=O)Oc2ccc(/C=C(\C#N)C(=O)NCc3ccco3)cc2OCC)cc1. The van der Waals surface area contributed by atoms with E-state index in [2.05, 4.69) is 12.2 Å². The number of rotatable bonds is 13. The largest absolute Gasteiger partial charge is 0.494 e. The maximum atomic E-state index is 12.4. The molecule has 3 aromatic rings. The van der Waals surface area contributed by atoms with E-state index in [4.69, 9.17) is 18.6 Å². The molecule has 1 heterocycles. The average molecular weight is 515 g/mol. The fourth-order valence-electron chi connectivity index (χ4n) is 3.27. The number of hydrogen-bond acceptors (Lipinski definition) is 7. The number of benzene rings is 2. The standard InChI is InChI=1S/C30H30N2O6/c1-3-5-16-36-25-12-8-22(9-13-25)11-15-29(33)38-27-14-10-23(19-28(27)35-4-2)18-24(20-31)30(34)32-21-26-7-6-17-37-26/h6-15,17-19H,3-5,16,21H2,1-2H3,(H,32,34)/b15-11+,24-18+. The zero-order valence-electron chi connectivity index (χ0n) is 21.4. The second-order valence-electron chi connectivity index (χ2n) is 8.10. The third-order valence-corrected chi connectivity index (χ3v) is 5.22. The molecule has 0 spiro atoms. The van der Waals surface area contributed by atoms with Crippen molar-refractivity contribution in [1.29, 1.82) is 5.26 Å². The van der Waals surface area contributed by atoms with E-state index >= 15 is 0 Å². The Hall–Kier alpha value is -4.77. The van der Waals surface area contributed by atoms with Crippen molar-refractivity contribution in [1.82, 2.24) is 5.32 Å². The maximum absolute atomic E-state index is 12.4. The van der Waals surface area contributed by atoms with Gasteiger partial charge in [-0.3, -0.25) is 4.79 Å². The number of carbonyl (C=O) groups excluding carboxylic acids is 2. The molecule has 1 N–H and O–H groups in total. The van der Waals surface area contributed by atoms with Crippen molar-refractivity contribution in [3.05, 3.63) is 89.4 Å². The smallest absolute Gasteiger partial charge is 0.336 e. The van der Waals surface area contributed by atoms with Gasteiger partial charge in [0.2, 0.25) is 0 Å². The van der Waals surface area contributed by atoms with E-state index in [0.29, 0.717) is 30.3 Å². The highest BCUT2D eigenvalue weighted by Crippen LogP contribution is 2.30. The maximum Gasteiger partial charge on any atom is 0.336 e. The number of amides is 1. The summed E-state index contributed by atoms with van der Waals surface area (Å²) in [5, 5.41) is 12.1. The van der Waals surface area contributed by atoms with Crippen LogP contribution in [0.5, 0.6) is 17.2 Å². The van der Waals surface area contributed by atoms with Crippen LogP contribution in [0.4, 0.5) is 0 Å². The lowest BCUT2D eigenvalue weighted by Gasteiger charge is -2.11. The molecule has 196 valence electrons. The molecule has 3 rings (SSSR count). The Morgan fingerprint density at radius 3 is 2.50 bits per heavy atom. The quantitative estimate of drug-likeness (QED) is 0.102. The van der Waals surface area contributed by atoms with Crippen LogP contribution >= 0.6 is 0 Å². The minimum absolute atomic E-state index is 0.0894. The average Bonchev–Trinajstić information content (AvgIpc) is 3.45. The first-order chi connectivity index (χ1) is 18.5. The van der Waals surface area contributed by atoms with E-state index in [0.717, 1.165) is 24.2 Å². The number of nitrogens with one attached hydrogen (secondary N) is 1. The summed E-state index contributed by atoms with van der Waals surface area (Å²) < 4.78 is 21.9. The first-order valence-electron chi connectivity index (χ1n) is 12.3. The van der Waals surface area contributed by atoms with Crippen LogP contribution in [0.3, 0.4) is 0 Å². The molecule has 1 aromatic heterocycles.